The maximum Gasteiger partial charge on any atom is 0.145 e. The van der Waals surface area contributed by atoms with Crippen molar-refractivity contribution in [3.63, 3.8) is 0 Å². The average Bonchev–Trinajstić information content (AvgIpc) is 3.04. The van der Waals surface area contributed by atoms with E-state index in [1.54, 1.807) is 0 Å². The van der Waals surface area contributed by atoms with E-state index in [1.807, 2.05) is 6.07 Å². The SMILES string of the molecule is CCN(c1cc(NN)ncn1)C1CC1. The molecule has 3 N–H and O–H groups in total. The first-order chi connectivity index (χ1) is 6.85. The topological polar surface area (TPSA) is 67.1 Å². The highest BCUT2D eigenvalue weighted by Crippen LogP contribution is 2.30. The summed E-state index contributed by atoms with van der Waals surface area (Å²) in [6.45, 7) is 3.11. The van der Waals surface area contributed by atoms with Gasteiger partial charge in [0, 0.05) is 18.7 Å². The molecule has 1 saturated carbocycles. The van der Waals surface area contributed by atoms with E-state index in [1.165, 1.54) is 19.2 Å². The number of hydrazine groups is 1. The van der Waals surface area contributed by atoms with Gasteiger partial charge in [-0.1, -0.05) is 0 Å². The minimum atomic E-state index is 0.661. The first-order valence-electron chi connectivity index (χ1n) is 4.90. The predicted molar refractivity (Wildman–Crippen MR) is 55.9 cm³/mol. The number of hydrogen-bond acceptors (Lipinski definition) is 5. The lowest BCUT2D eigenvalue weighted by Gasteiger charge is -2.21. The second-order valence-corrected chi connectivity index (χ2v) is 3.42. The largest absolute Gasteiger partial charge is 0.354 e. The van der Waals surface area contributed by atoms with Crippen molar-refractivity contribution in [2.45, 2.75) is 25.8 Å². The summed E-state index contributed by atoms with van der Waals surface area (Å²) in [5.41, 5.74) is 2.53. The van der Waals surface area contributed by atoms with Crippen molar-refractivity contribution in [3.8, 4) is 0 Å². The molecule has 0 amide bonds. The summed E-state index contributed by atoms with van der Waals surface area (Å²) in [6, 6.07) is 2.54. The molecular weight excluding hydrogens is 178 g/mol. The van der Waals surface area contributed by atoms with Gasteiger partial charge in [0.05, 0.1) is 0 Å². The normalized spacial score (nSPS) is 15.3. The van der Waals surface area contributed by atoms with Gasteiger partial charge < -0.3 is 10.3 Å². The maximum absolute atomic E-state index is 5.29. The summed E-state index contributed by atoms with van der Waals surface area (Å²) in [4.78, 5) is 10.5. The lowest BCUT2D eigenvalue weighted by Crippen LogP contribution is -2.26. The number of nitrogen functional groups attached to an aromatic ring is 1. The standard InChI is InChI=1S/C9H15N5/c1-2-14(7-3-4-7)9-5-8(13-10)11-6-12-9/h5-7H,2-4,10H2,1H3,(H,11,12,13). The van der Waals surface area contributed by atoms with Gasteiger partial charge >= 0.3 is 0 Å². The van der Waals surface area contributed by atoms with Crippen LogP contribution in [-0.4, -0.2) is 22.6 Å². The number of anilines is 2. The predicted octanol–water partition coefficient (Wildman–Crippen LogP) is 0.751. The number of nitrogens with zero attached hydrogens (tertiary/aromatic N) is 3. The van der Waals surface area contributed by atoms with Crippen LogP contribution in [0, 0.1) is 0 Å². The van der Waals surface area contributed by atoms with Crippen LogP contribution in [0.3, 0.4) is 0 Å². The molecule has 5 heteroatoms. The molecule has 1 aromatic heterocycles. The van der Waals surface area contributed by atoms with Gasteiger partial charge in [0.25, 0.3) is 0 Å². The zero-order valence-electron chi connectivity index (χ0n) is 8.27. The Morgan fingerprint density at radius 2 is 2.36 bits per heavy atom. The summed E-state index contributed by atoms with van der Waals surface area (Å²) < 4.78 is 0. The first kappa shape index (κ1) is 9.21. The van der Waals surface area contributed by atoms with E-state index < -0.39 is 0 Å². The molecule has 76 valence electrons. The molecule has 0 aromatic carbocycles. The molecule has 0 aliphatic heterocycles. The smallest absolute Gasteiger partial charge is 0.145 e. The van der Waals surface area contributed by atoms with Crippen molar-refractivity contribution >= 4 is 11.6 Å². The molecule has 0 saturated heterocycles. The van der Waals surface area contributed by atoms with Crippen LogP contribution in [-0.2, 0) is 0 Å². The van der Waals surface area contributed by atoms with Gasteiger partial charge in [-0.2, -0.15) is 0 Å². The van der Waals surface area contributed by atoms with E-state index in [-0.39, 0.29) is 0 Å². The fraction of sp³-hybridized carbons (Fsp3) is 0.556. The highest BCUT2D eigenvalue weighted by atomic mass is 15.3. The molecular formula is C9H15N5. The minimum Gasteiger partial charge on any atom is -0.354 e. The molecule has 0 unspecified atom stereocenters. The quantitative estimate of drug-likeness (QED) is 0.545. The van der Waals surface area contributed by atoms with E-state index >= 15 is 0 Å². The zero-order valence-corrected chi connectivity index (χ0v) is 8.27. The van der Waals surface area contributed by atoms with E-state index in [0.717, 1.165) is 12.4 Å². The highest BCUT2D eigenvalue weighted by Gasteiger charge is 2.28. The summed E-state index contributed by atoms with van der Waals surface area (Å²) in [7, 11) is 0. The molecule has 1 aliphatic carbocycles. The van der Waals surface area contributed by atoms with Crippen LogP contribution >= 0.6 is 0 Å². The van der Waals surface area contributed by atoms with Gasteiger partial charge in [-0.05, 0) is 19.8 Å². The van der Waals surface area contributed by atoms with Gasteiger partial charge in [-0.3, -0.25) is 0 Å². The Balaban J connectivity index is 2.20. The number of aromatic nitrogens is 2. The molecule has 1 aliphatic rings. The summed E-state index contributed by atoms with van der Waals surface area (Å²) in [5.74, 6) is 6.91. The fourth-order valence-electron chi connectivity index (χ4n) is 1.58. The van der Waals surface area contributed by atoms with Gasteiger partial charge in [0.1, 0.15) is 18.0 Å². The lowest BCUT2D eigenvalue weighted by atomic mass is 10.4. The Morgan fingerprint density at radius 1 is 1.57 bits per heavy atom. The summed E-state index contributed by atoms with van der Waals surface area (Å²) in [6.07, 6.45) is 4.07. The van der Waals surface area contributed by atoms with Crippen molar-refractivity contribution < 1.29 is 0 Å². The zero-order chi connectivity index (χ0) is 9.97. The van der Waals surface area contributed by atoms with Crippen LogP contribution in [0.2, 0.25) is 0 Å². The van der Waals surface area contributed by atoms with E-state index in [4.69, 9.17) is 5.84 Å². The monoisotopic (exact) mass is 193 g/mol. The fourth-order valence-corrected chi connectivity index (χ4v) is 1.58. The molecule has 14 heavy (non-hydrogen) atoms. The second-order valence-electron chi connectivity index (χ2n) is 3.42. The molecule has 0 radical (unpaired) electrons. The Labute approximate surface area is 83.3 Å². The van der Waals surface area contributed by atoms with Gasteiger partial charge in [0.2, 0.25) is 0 Å². The van der Waals surface area contributed by atoms with Crippen LogP contribution in [0.15, 0.2) is 12.4 Å². The molecule has 0 bridgehead atoms. The average molecular weight is 193 g/mol. The molecule has 2 rings (SSSR count). The van der Waals surface area contributed by atoms with Crippen molar-refractivity contribution in [2.75, 3.05) is 16.9 Å². The minimum absolute atomic E-state index is 0.661. The van der Waals surface area contributed by atoms with Crippen LogP contribution in [0.4, 0.5) is 11.6 Å². The van der Waals surface area contributed by atoms with Gasteiger partial charge in [-0.15, -0.1) is 0 Å². The van der Waals surface area contributed by atoms with Crippen molar-refractivity contribution in [1.29, 1.82) is 0 Å². The maximum atomic E-state index is 5.29. The van der Waals surface area contributed by atoms with E-state index in [0.29, 0.717) is 11.9 Å². The number of rotatable bonds is 4. The third-order valence-corrected chi connectivity index (χ3v) is 2.42. The molecule has 1 fully saturated rings. The van der Waals surface area contributed by atoms with Crippen molar-refractivity contribution in [2.24, 2.45) is 5.84 Å². The van der Waals surface area contributed by atoms with Crippen LogP contribution in [0.25, 0.3) is 0 Å². The van der Waals surface area contributed by atoms with E-state index in [9.17, 15) is 0 Å². The van der Waals surface area contributed by atoms with Crippen LogP contribution < -0.4 is 16.2 Å². The number of nitrogens with two attached hydrogens (primary N) is 1. The third kappa shape index (κ3) is 1.77. The molecule has 5 nitrogen and oxygen atoms in total. The summed E-state index contributed by atoms with van der Waals surface area (Å²) in [5, 5.41) is 0. The van der Waals surface area contributed by atoms with Gasteiger partial charge in [-0.25, -0.2) is 15.8 Å². The molecule has 0 atom stereocenters. The Morgan fingerprint density at radius 3 is 2.93 bits per heavy atom. The Kier molecular flexibility index (Phi) is 2.49. The molecule has 1 aromatic rings. The van der Waals surface area contributed by atoms with Crippen LogP contribution in [0.1, 0.15) is 19.8 Å². The van der Waals surface area contributed by atoms with E-state index in [2.05, 4.69) is 27.2 Å². The second kappa shape index (κ2) is 3.79. The lowest BCUT2D eigenvalue weighted by molar-refractivity contribution is 0.805. The first-order valence-corrected chi connectivity index (χ1v) is 4.90. The molecule has 0 spiro atoms. The highest BCUT2D eigenvalue weighted by molar-refractivity contribution is 5.49. The third-order valence-electron chi connectivity index (χ3n) is 2.42. The van der Waals surface area contributed by atoms with Crippen molar-refractivity contribution in [1.82, 2.24) is 9.97 Å². The Bertz CT molecular complexity index is 310. The summed E-state index contributed by atoms with van der Waals surface area (Å²) >= 11 is 0. The number of nitrogens with one attached hydrogen (secondary N) is 1. The van der Waals surface area contributed by atoms with Crippen molar-refractivity contribution in [3.05, 3.63) is 12.4 Å². The van der Waals surface area contributed by atoms with Crippen LogP contribution in [0.5, 0.6) is 0 Å². The molecule has 1 heterocycles. The number of hydrogen-bond donors (Lipinski definition) is 2. The Hall–Kier alpha value is -1.36. The van der Waals surface area contributed by atoms with Gasteiger partial charge in [0.15, 0.2) is 0 Å².